The molecule has 136 valence electrons. The van der Waals surface area contributed by atoms with E-state index in [0.29, 0.717) is 6.07 Å². The molecule has 0 amide bonds. The Hall–Kier alpha value is -1.61. The van der Waals surface area contributed by atoms with Gasteiger partial charge in [0.1, 0.15) is 17.9 Å². The second-order valence-corrected chi connectivity index (χ2v) is 11.7. The third kappa shape index (κ3) is 5.20. The molecule has 1 aromatic carbocycles. The summed E-state index contributed by atoms with van der Waals surface area (Å²) >= 11 is 0. The van der Waals surface area contributed by atoms with Gasteiger partial charge in [-0.2, -0.15) is 13.2 Å². The van der Waals surface area contributed by atoms with Crippen molar-refractivity contribution in [1.82, 2.24) is 0 Å². The highest BCUT2D eigenvalue weighted by atomic mass is 28.4. The fourth-order valence-electron chi connectivity index (χ4n) is 1.66. The molecule has 1 aromatic rings. The molecule has 0 fully saturated rings. The van der Waals surface area contributed by atoms with E-state index in [4.69, 9.17) is 9.16 Å². The van der Waals surface area contributed by atoms with Gasteiger partial charge in [0.25, 0.3) is 5.69 Å². The minimum atomic E-state index is -4.82. The Labute approximate surface area is 140 Å². The highest BCUT2D eigenvalue weighted by molar-refractivity contribution is 6.74. The number of nitrogens with zero attached hydrogens (tertiary/aromatic N) is 1. The van der Waals surface area contributed by atoms with Crippen LogP contribution in [0.1, 0.15) is 26.3 Å². The minimum Gasteiger partial charge on any atom is -0.491 e. The number of hydrogen-bond acceptors (Lipinski definition) is 4. The minimum absolute atomic E-state index is 0.0177. The van der Waals surface area contributed by atoms with Crippen LogP contribution in [0.15, 0.2) is 18.2 Å². The van der Waals surface area contributed by atoms with Gasteiger partial charge in [-0.05, 0) is 30.3 Å². The molecule has 0 heterocycles. The van der Waals surface area contributed by atoms with Crippen LogP contribution in [-0.2, 0) is 10.6 Å². The van der Waals surface area contributed by atoms with E-state index >= 15 is 0 Å². The van der Waals surface area contributed by atoms with Gasteiger partial charge < -0.3 is 9.16 Å². The Morgan fingerprint density at radius 2 is 1.75 bits per heavy atom. The summed E-state index contributed by atoms with van der Waals surface area (Å²) < 4.78 is 49.8. The van der Waals surface area contributed by atoms with E-state index in [9.17, 15) is 23.3 Å². The van der Waals surface area contributed by atoms with E-state index in [0.717, 1.165) is 12.1 Å². The second-order valence-electron chi connectivity index (χ2n) is 6.89. The number of nitro benzene ring substituents is 1. The molecule has 9 heteroatoms. The maximum absolute atomic E-state index is 12.9. The maximum atomic E-state index is 12.9. The number of rotatable bonds is 6. The molecule has 0 spiro atoms. The van der Waals surface area contributed by atoms with E-state index in [2.05, 4.69) is 33.9 Å². The molecular formula is C15H22F3NO4Si. The lowest BCUT2D eigenvalue weighted by Gasteiger charge is -2.36. The molecule has 24 heavy (non-hydrogen) atoms. The van der Waals surface area contributed by atoms with E-state index < -0.39 is 30.7 Å². The van der Waals surface area contributed by atoms with Crippen LogP contribution in [-0.4, -0.2) is 26.5 Å². The normalized spacial score (nSPS) is 13.0. The van der Waals surface area contributed by atoms with Crippen LogP contribution in [0.2, 0.25) is 18.1 Å². The van der Waals surface area contributed by atoms with Crippen molar-refractivity contribution < 1.29 is 27.3 Å². The summed E-state index contributed by atoms with van der Waals surface area (Å²) in [5.41, 5.74) is -2.32. The molecule has 1 rings (SSSR count). The van der Waals surface area contributed by atoms with Crippen molar-refractivity contribution in [3.63, 3.8) is 0 Å². The molecule has 5 nitrogen and oxygen atoms in total. The maximum Gasteiger partial charge on any atom is 0.423 e. The quantitative estimate of drug-likeness (QED) is 0.307. The number of halogens is 3. The monoisotopic (exact) mass is 365 g/mol. The molecular weight excluding hydrogens is 343 g/mol. The summed E-state index contributed by atoms with van der Waals surface area (Å²) in [4.78, 5) is 9.63. The molecule has 0 radical (unpaired) electrons. The van der Waals surface area contributed by atoms with Crippen molar-refractivity contribution in [1.29, 1.82) is 0 Å². The molecule has 0 atom stereocenters. The standard InChI is InChI=1S/C15H22F3NO4Si/c1-14(2,3)24(4,5)23-9-8-22-11-6-7-13(19(20)21)12(10-11)15(16,17)18/h6-7,10H,8-9H2,1-5H3. The summed E-state index contributed by atoms with van der Waals surface area (Å²) in [5, 5.41) is 10.7. The summed E-state index contributed by atoms with van der Waals surface area (Å²) in [6.07, 6.45) is -4.82. The molecule has 0 aliphatic heterocycles. The first-order valence-electron chi connectivity index (χ1n) is 7.38. The number of ether oxygens (including phenoxy) is 1. The number of hydrogen-bond donors (Lipinski definition) is 0. The number of nitro groups is 1. The Bertz CT molecular complexity index is 597. The molecule has 0 N–H and O–H groups in total. The van der Waals surface area contributed by atoms with Gasteiger partial charge in [-0.15, -0.1) is 0 Å². The Morgan fingerprint density at radius 1 is 1.17 bits per heavy atom. The van der Waals surface area contributed by atoms with Crippen molar-refractivity contribution in [2.45, 2.75) is 45.1 Å². The van der Waals surface area contributed by atoms with Gasteiger partial charge in [0.05, 0.1) is 11.5 Å². The lowest BCUT2D eigenvalue weighted by Crippen LogP contribution is -2.41. The average Bonchev–Trinajstić information content (AvgIpc) is 2.41. The number of alkyl halides is 3. The van der Waals surface area contributed by atoms with Crippen molar-refractivity contribution >= 4 is 14.0 Å². The molecule has 0 aromatic heterocycles. The SMILES string of the molecule is CC(C)(C)[Si](C)(C)OCCOc1ccc([N+](=O)[O-])c(C(F)(F)F)c1. The Balaban J connectivity index is 2.75. The van der Waals surface area contributed by atoms with E-state index in [-0.39, 0.29) is 24.0 Å². The van der Waals surface area contributed by atoms with Gasteiger partial charge in [0, 0.05) is 6.07 Å². The van der Waals surface area contributed by atoms with Crippen LogP contribution in [0.25, 0.3) is 0 Å². The molecule has 0 aliphatic rings. The van der Waals surface area contributed by atoms with Crippen LogP contribution < -0.4 is 4.74 Å². The van der Waals surface area contributed by atoms with Gasteiger partial charge in [-0.3, -0.25) is 10.1 Å². The third-order valence-corrected chi connectivity index (χ3v) is 8.63. The Morgan fingerprint density at radius 3 is 2.21 bits per heavy atom. The first kappa shape index (κ1) is 20.4. The first-order valence-corrected chi connectivity index (χ1v) is 10.3. The zero-order valence-electron chi connectivity index (χ0n) is 14.4. The first-order chi connectivity index (χ1) is 10.8. The Kier molecular flexibility index (Phi) is 6.04. The van der Waals surface area contributed by atoms with Gasteiger partial charge >= 0.3 is 6.18 Å². The van der Waals surface area contributed by atoms with Crippen molar-refractivity contribution in [3.05, 3.63) is 33.9 Å². The smallest absolute Gasteiger partial charge is 0.423 e. The molecule has 0 saturated carbocycles. The van der Waals surface area contributed by atoms with Crippen molar-refractivity contribution in [2.24, 2.45) is 0 Å². The van der Waals surface area contributed by atoms with Gasteiger partial charge in [-0.1, -0.05) is 20.8 Å². The zero-order valence-corrected chi connectivity index (χ0v) is 15.4. The highest BCUT2D eigenvalue weighted by Crippen LogP contribution is 2.38. The van der Waals surface area contributed by atoms with Crippen molar-refractivity contribution in [3.8, 4) is 5.75 Å². The molecule has 0 unspecified atom stereocenters. The van der Waals surface area contributed by atoms with E-state index in [1.165, 1.54) is 0 Å². The summed E-state index contributed by atoms with van der Waals surface area (Å²) in [6.45, 7) is 10.7. The van der Waals surface area contributed by atoms with E-state index in [1.807, 2.05) is 0 Å². The molecule has 0 saturated heterocycles. The predicted molar refractivity (Wildman–Crippen MR) is 86.7 cm³/mol. The summed E-state index contributed by atoms with van der Waals surface area (Å²) in [7, 11) is -1.96. The van der Waals surface area contributed by atoms with Crippen LogP contribution >= 0.6 is 0 Å². The van der Waals surface area contributed by atoms with Gasteiger partial charge in [0.15, 0.2) is 8.32 Å². The summed E-state index contributed by atoms with van der Waals surface area (Å²) in [5.74, 6) is -0.0771. The van der Waals surface area contributed by atoms with Crippen LogP contribution in [0.3, 0.4) is 0 Å². The van der Waals surface area contributed by atoms with Gasteiger partial charge in [-0.25, -0.2) is 0 Å². The topological polar surface area (TPSA) is 61.6 Å². The third-order valence-electron chi connectivity index (χ3n) is 4.09. The number of benzene rings is 1. The van der Waals surface area contributed by atoms with Crippen LogP contribution in [0.4, 0.5) is 18.9 Å². The molecule has 0 bridgehead atoms. The highest BCUT2D eigenvalue weighted by Gasteiger charge is 2.39. The molecule has 0 aliphatic carbocycles. The predicted octanol–water partition coefficient (Wildman–Crippen LogP) is 5.01. The fraction of sp³-hybridized carbons (Fsp3) is 0.600. The average molecular weight is 365 g/mol. The summed E-state index contributed by atoms with van der Waals surface area (Å²) in [6, 6.07) is 2.59. The van der Waals surface area contributed by atoms with E-state index in [1.54, 1.807) is 0 Å². The van der Waals surface area contributed by atoms with Crippen molar-refractivity contribution in [2.75, 3.05) is 13.2 Å². The lowest BCUT2D eigenvalue weighted by atomic mass is 10.1. The van der Waals surface area contributed by atoms with Crippen LogP contribution in [0, 0.1) is 10.1 Å². The van der Waals surface area contributed by atoms with Crippen LogP contribution in [0.5, 0.6) is 5.75 Å². The van der Waals surface area contributed by atoms with Gasteiger partial charge in [0.2, 0.25) is 0 Å². The fourth-order valence-corrected chi connectivity index (χ4v) is 2.69. The second kappa shape index (κ2) is 7.10. The lowest BCUT2D eigenvalue weighted by molar-refractivity contribution is -0.388. The zero-order chi connectivity index (χ0) is 18.8. The largest absolute Gasteiger partial charge is 0.491 e.